The highest BCUT2D eigenvalue weighted by atomic mass is 32.2. The third-order valence-corrected chi connectivity index (χ3v) is 5.96. The molecule has 3 N–H and O–H groups in total. The van der Waals surface area contributed by atoms with Crippen LogP contribution in [0.3, 0.4) is 0 Å². The van der Waals surface area contributed by atoms with Crippen LogP contribution in [0.5, 0.6) is 0 Å². The summed E-state index contributed by atoms with van der Waals surface area (Å²) in [6.07, 6.45) is 0. The van der Waals surface area contributed by atoms with Gasteiger partial charge in [0.05, 0.1) is 12.3 Å². The fourth-order valence-electron chi connectivity index (χ4n) is 2.46. The molecule has 142 valence electrons. The van der Waals surface area contributed by atoms with E-state index in [1.54, 1.807) is 18.4 Å². The zero-order valence-corrected chi connectivity index (χ0v) is 17.0. The second-order valence-electron chi connectivity index (χ2n) is 6.16. The van der Waals surface area contributed by atoms with E-state index in [-0.39, 0.29) is 11.8 Å². The van der Waals surface area contributed by atoms with Crippen molar-refractivity contribution < 1.29 is 8.42 Å². The molecule has 0 aliphatic heterocycles. The van der Waals surface area contributed by atoms with Crippen LogP contribution in [0.1, 0.15) is 29.9 Å². The molecule has 0 radical (unpaired) electrons. The Bertz CT molecular complexity index is 815. The normalized spacial score (nSPS) is 12.4. The monoisotopic (exact) mass is 394 g/mol. The zero-order chi connectivity index (χ0) is 19.0. The van der Waals surface area contributed by atoms with Crippen LogP contribution in [0.25, 0.3) is 0 Å². The average Bonchev–Trinajstić information content (AvgIpc) is 3.08. The van der Waals surface area contributed by atoms with E-state index in [1.165, 1.54) is 4.88 Å². The van der Waals surface area contributed by atoms with Crippen LogP contribution >= 0.6 is 11.3 Å². The van der Waals surface area contributed by atoms with Gasteiger partial charge in [0.1, 0.15) is 0 Å². The number of nitrogens with one attached hydrogen (secondary N) is 3. The van der Waals surface area contributed by atoms with Gasteiger partial charge in [-0.05, 0) is 36.4 Å². The highest BCUT2D eigenvalue weighted by Gasteiger charge is 2.15. The molecule has 0 spiro atoms. The number of benzene rings is 1. The zero-order valence-electron chi connectivity index (χ0n) is 15.3. The predicted octanol–water partition coefficient (Wildman–Crippen LogP) is 2.44. The molecule has 8 heteroatoms. The quantitative estimate of drug-likeness (QED) is 0.474. The first-order valence-electron chi connectivity index (χ1n) is 8.43. The van der Waals surface area contributed by atoms with E-state index in [4.69, 9.17) is 0 Å². The number of hydrogen-bond acceptors (Lipinski definition) is 4. The number of guanidine groups is 1. The van der Waals surface area contributed by atoms with Crippen molar-refractivity contribution in [1.82, 2.24) is 15.4 Å². The van der Waals surface area contributed by atoms with Gasteiger partial charge in [-0.3, -0.25) is 4.99 Å². The molecule has 0 aliphatic rings. The molecule has 26 heavy (non-hydrogen) atoms. The molecule has 0 saturated heterocycles. The van der Waals surface area contributed by atoms with Crippen LogP contribution in [0.2, 0.25) is 0 Å². The molecule has 0 saturated carbocycles. The third kappa shape index (κ3) is 6.78. The number of sulfonamides is 1. The number of nitrogens with zero attached hydrogens (tertiary/aromatic N) is 1. The Labute approximate surface area is 159 Å². The summed E-state index contributed by atoms with van der Waals surface area (Å²) in [5.41, 5.74) is 1.71. The summed E-state index contributed by atoms with van der Waals surface area (Å²) in [5.74, 6) is 0.640. The van der Waals surface area contributed by atoms with Crippen LogP contribution in [-0.2, 0) is 28.9 Å². The maximum absolute atomic E-state index is 12.2. The van der Waals surface area contributed by atoms with Gasteiger partial charge in [-0.1, -0.05) is 30.3 Å². The van der Waals surface area contributed by atoms with E-state index in [9.17, 15) is 8.42 Å². The first-order chi connectivity index (χ1) is 12.4. The Morgan fingerprint density at radius 1 is 1.08 bits per heavy atom. The summed E-state index contributed by atoms with van der Waals surface area (Å²) in [7, 11) is -1.65. The van der Waals surface area contributed by atoms with Crippen LogP contribution in [0, 0.1) is 0 Å². The summed E-state index contributed by atoms with van der Waals surface area (Å²) in [6.45, 7) is 4.83. The summed E-state index contributed by atoms with van der Waals surface area (Å²) in [4.78, 5) is 5.44. The molecule has 2 aromatic rings. The van der Waals surface area contributed by atoms with Gasteiger partial charge >= 0.3 is 0 Å². The minimum Gasteiger partial charge on any atom is -0.352 e. The van der Waals surface area contributed by atoms with Gasteiger partial charge < -0.3 is 10.6 Å². The van der Waals surface area contributed by atoms with Crippen LogP contribution in [0.4, 0.5) is 0 Å². The molecule has 0 aliphatic carbocycles. The van der Waals surface area contributed by atoms with Crippen molar-refractivity contribution in [3.63, 3.8) is 0 Å². The number of rotatable bonds is 8. The van der Waals surface area contributed by atoms with Crippen LogP contribution in [0.15, 0.2) is 46.8 Å². The summed E-state index contributed by atoms with van der Waals surface area (Å²) in [6, 6.07) is 11.5. The van der Waals surface area contributed by atoms with Crippen LogP contribution in [-0.4, -0.2) is 27.5 Å². The van der Waals surface area contributed by atoms with Crippen LogP contribution < -0.4 is 15.4 Å². The molecule has 1 aromatic carbocycles. The largest absolute Gasteiger partial charge is 0.352 e. The van der Waals surface area contributed by atoms with Crippen molar-refractivity contribution in [2.45, 2.75) is 38.7 Å². The summed E-state index contributed by atoms with van der Waals surface area (Å²) < 4.78 is 27.1. The van der Waals surface area contributed by atoms with Gasteiger partial charge in [-0.15, -0.1) is 11.3 Å². The molecule has 0 unspecified atom stereocenters. The van der Waals surface area contributed by atoms with E-state index in [0.29, 0.717) is 19.0 Å². The first kappa shape index (κ1) is 20.4. The smallest absolute Gasteiger partial charge is 0.216 e. The molecule has 0 fully saturated rings. The number of aliphatic imine (C=N–C) groups is 1. The lowest BCUT2D eigenvalue weighted by atomic mass is 10.1. The maximum Gasteiger partial charge on any atom is 0.216 e. The Kier molecular flexibility index (Phi) is 7.62. The van der Waals surface area contributed by atoms with E-state index >= 15 is 0 Å². The average molecular weight is 395 g/mol. The first-order valence-corrected chi connectivity index (χ1v) is 11.0. The molecular weight excluding hydrogens is 368 g/mol. The molecule has 6 nitrogen and oxygen atoms in total. The van der Waals surface area contributed by atoms with Gasteiger partial charge in [0.25, 0.3) is 0 Å². The van der Waals surface area contributed by atoms with E-state index < -0.39 is 10.0 Å². The van der Waals surface area contributed by atoms with Crippen molar-refractivity contribution in [2.24, 2.45) is 4.99 Å². The minimum atomic E-state index is -3.36. The van der Waals surface area contributed by atoms with Crippen molar-refractivity contribution in [3.05, 3.63) is 57.8 Å². The fourth-order valence-corrected chi connectivity index (χ4v) is 4.60. The lowest BCUT2D eigenvalue weighted by Crippen LogP contribution is -2.36. The third-order valence-electron chi connectivity index (χ3n) is 3.56. The van der Waals surface area contributed by atoms with Crippen molar-refractivity contribution in [2.75, 3.05) is 7.05 Å². The van der Waals surface area contributed by atoms with Gasteiger partial charge in [0, 0.05) is 24.5 Å². The van der Waals surface area contributed by atoms with E-state index in [1.807, 2.05) is 49.6 Å². The number of thiophene rings is 1. The maximum atomic E-state index is 12.2. The van der Waals surface area contributed by atoms with Crippen molar-refractivity contribution >= 4 is 27.3 Å². The van der Waals surface area contributed by atoms with Gasteiger partial charge in [0.2, 0.25) is 10.0 Å². The Morgan fingerprint density at radius 3 is 2.38 bits per heavy atom. The Hall–Kier alpha value is -1.90. The Balaban J connectivity index is 1.98. The standard InChI is InChI=1S/C18H26N4O2S2/c1-14(2)22-26(23,24)13-16-8-5-4-7-15(16)11-20-18(19-3)21-12-17-9-6-10-25-17/h4-10,14,22H,11-13H2,1-3H3,(H2,19,20,21). The molecule has 1 aromatic heterocycles. The fraction of sp³-hybridized carbons (Fsp3) is 0.389. The van der Waals surface area contributed by atoms with Gasteiger partial charge in [-0.2, -0.15) is 0 Å². The van der Waals surface area contributed by atoms with Gasteiger partial charge in [0.15, 0.2) is 5.96 Å². The van der Waals surface area contributed by atoms with Gasteiger partial charge in [-0.25, -0.2) is 13.1 Å². The second kappa shape index (κ2) is 9.70. The SMILES string of the molecule is CN=C(NCc1cccs1)NCc1ccccc1CS(=O)(=O)NC(C)C. The van der Waals surface area contributed by atoms with Crippen molar-refractivity contribution in [1.29, 1.82) is 0 Å². The van der Waals surface area contributed by atoms with E-state index in [0.717, 1.165) is 11.1 Å². The summed E-state index contributed by atoms with van der Waals surface area (Å²) >= 11 is 1.68. The lowest BCUT2D eigenvalue weighted by Gasteiger charge is -2.15. The topological polar surface area (TPSA) is 82.6 Å². The van der Waals surface area contributed by atoms with Crippen molar-refractivity contribution in [3.8, 4) is 0 Å². The molecule has 0 amide bonds. The lowest BCUT2D eigenvalue weighted by molar-refractivity contribution is 0.568. The Morgan fingerprint density at radius 2 is 1.77 bits per heavy atom. The minimum absolute atomic E-state index is 0.0374. The van der Waals surface area contributed by atoms with E-state index in [2.05, 4.69) is 26.4 Å². The predicted molar refractivity (Wildman–Crippen MR) is 109 cm³/mol. The highest BCUT2D eigenvalue weighted by Crippen LogP contribution is 2.12. The molecule has 0 bridgehead atoms. The molecule has 1 heterocycles. The summed E-state index contributed by atoms with van der Waals surface area (Å²) in [5, 5.41) is 8.53. The molecular formula is C18H26N4O2S2. The number of hydrogen-bond donors (Lipinski definition) is 3. The highest BCUT2D eigenvalue weighted by molar-refractivity contribution is 7.88. The molecule has 0 atom stereocenters. The second-order valence-corrected chi connectivity index (χ2v) is 8.95. The molecule has 2 rings (SSSR count).